The van der Waals surface area contributed by atoms with Gasteiger partial charge in [0.15, 0.2) is 0 Å². The van der Waals surface area contributed by atoms with E-state index in [1.807, 2.05) is 6.07 Å². The van der Waals surface area contributed by atoms with Gasteiger partial charge in [-0.2, -0.15) is 0 Å². The van der Waals surface area contributed by atoms with Crippen molar-refractivity contribution in [2.75, 3.05) is 19.0 Å². The van der Waals surface area contributed by atoms with Gasteiger partial charge < -0.3 is 19.4 Å². The zero-order valence-corrected chi connectivity index (χ0v) is 13.5. The zero-order chi connectivity index (χ0) is 16.9. The molecule has 0 bridgehead atoms. The number of anilines is 1. The molecule has 2 heterocycles. The predicted molar refractivity (Wildman–Crippen MR) is 88.6 cm³/mol. The SMILES string of the molecule is CN(Cc1ccco1)C(=O)c1cccc(NC(=O)[C@@H]2CCCO2)c1. The maximum atomic E-state index is 12.5. The first-order valence-corrected chi connectivity index (χ1v) is 7.94. The Morgan fingerprint density at radius 1 is 1.29 bits per heavy atom. The summed E-state index contributed by atoms with van der Waals surface area (Å²) in [5.74, 6) is 0.411. The average molecular weight is 328 g/mol. The number of rotatable bonds is 5. The monoisotopic (exact) mass is 328 g/mol. The van der Waals surface area contributed by atoms with Gasteiger partial charge in [-0.3, -0.25) is 9.59 Å². The van der Waals surface area contributed by atoms with Gasteiger partial charge in [0.05, 0.1) is 12.8 Å². The Kier molecular flexibility index (Phi) is 4.96. The van der Waals surface area contributed by atoms with Crippen molar-refractivity contribution in [2.24, 2.45) is 0 Å². The highest BCUT2D eigenvalue weighted by Gasteiger charge is 2.23. The van der Waals surface area contributed by atoms with Gasteiger partial charge in [0.2, 0.25) is 0 Å². The number of carbonyl (C=O) groups is 2. The van der Waals surface area contributed by atoms with Crippen LogP contribution in [-0.2, 0) is 16.1 Å². The molecule has 0 aliphatic carbocycles. The number of hydrogen-bond donors (Lipinski definition) is 1. The number of furan rings is 1. The van der Waals surface area contributed by atoms with Crippen molar-refractivity contribution >= 4 is 17.5 Å². The second kappa shape index (κ2) is 7.31. The average Bonchev–Trinajstić information content (AvgIpc) is 3.28. The Hall–Kier alpha value is -2.60. The van der Waals surface area contributed by atoms with Crippen LogP contribution in [-0.4, -0.2) is 36.5 Å². The molecule has 0 radical (unpaired) electrons. The quantitative estimate of drug-likeness (QED) is 0.916. The van der Waals surface area contributed by atoms with E-state index in [0.717, 1.165) is 12.8 Å². The van der Waals surface area contributed by atoms with Crippen LogP contribution in [0.5, 0.6) is 0 Å². The largest absolute Gasteiger partial charge is 0.467 e. The summed E-state index contributed by atoms with van der Waals surface area (Å²) < 4.78 is 10.6. The van der Waals surface area contributed by atoms with Gasteiger partial charge in [0.1, 0.15) is 11.9 Å². The van der Waals surface area contributed by atoms with Crippen LogP contribution >= 0.6 is 0 Å². The van der Waals surface area contributed by atoms with E-state index >= 15 is 0 Å². The first kappa shape index (κ1) is 16.3. The second-order valence-corrected chi connectivity index (χ2v) is 5.81. The highest BCUT2D eigenvalue weighted by Crippen LogP contribution is 2.17. The molecule has 0 spiro atoms. The molecule has 1 fully saturated rings. The fourth-order valence-electron chi connectivity index (χ4n) is 2.67. The van der Waals surface area contributed by atoms with Crippen LogP contribution in [0.15, 0.2) is 47.1 Å². The molecule has 2 amide bonds. The number of amides is 2. The summed E-state index contributed by atoms with van der Waals surface area (Å²) in [5.41, 5.74) is 1.10. The summed E-state index contributed by atoms with van der Waals surface area (Å²) in [7, 11) is 1.71. The molecule has 1 saturated heterocycles. The molecule has 0 saturated carbocycles. The fraction of sp³-hybridized carbons (Fsp3) is 0.333. The Balaban J connectivity index is 1.65. The Labute approximate surface area is 140 Å². The van der Waals surface area contributed by atoms with E-state index < -0.39 is 6.10 Å². The summed E-state index contributed by atoms with van der Waals surface area (Å²) in [6.07, 6.45) is 2.81. The predicted octanol–water partition coefficient (Wildman–Crippen LogP) is 2.67. The second-order valence-electron chi connectivity index (χ2n) is 5.81. The van der Waals surface area contributed by atoms with Crippen LogP contribution in [0.1, 0.15) is 29.0 Å². The molecule has 2 aromatic rings. The number of ether oxygens (including phenoxy) is 1. The van der Waals surface area contributed by atoms with Crippen LogP contribution in [0.2, 0.25) is 0 Å². The lowest BCUT2D eigenvalue weighted by molar-refractivity contribution is -0.124. The van der Waals surface area contributed by atoms with E-state index in [1.54, 1.807) is 48.5 Å². The number of carbonyl (C=O) groups excluding carboxylic acids is 2. The van der Waals surface area contributed by atoms with Crippen molar-refractivity contribution in [1.29, 1.82) is 0 Å². The van der Waals surface area contributed by atoms with Gasteiger partial charge in [-0.25, -0.2) is 0 Å². The van der Waals surface area contributed by atoms with Crippen LogP contribution in [0.25, 0.3) is 0 Å². The molecule has 126 valence electrons. The van der Waals surface area contributed by atoms with Crippen LogP contribution < -0.4 is 5.32 Å². The number of benzene rings is 1. The van der Waals surface area contributed by atoms with Gasteiger partial charge >= 0.3 is 0 Å². The Morgan fingerprint density at radius 2 is 2.17 bits per heavy atom. The van der Waals surface area contributed by atoms with Gasteiger partial charge in [0, 0.05) is 24.9 Å². The van der Waals surface area contributed by atoms with Gasteiger partial charge in [-0.05, 0) is 43.2 Å². The van der Waals surface area contributed by atoms with Gasteiger partial charge in [-0.1, -0.05) is 6.07 Å². The molecule has 24 heavy (non-hydrogen) atoms. The van der Waals surface area contributed by atoms with Crippen LogP contribution in [0.4, 0.5) is 5.69 Å². The maximum absolute atomic E-state index is 12.5. The summed E-state index contributed by atoms with van der Waals surface area (Å²) in [5, 5.41) is 2.81. The maximum Gasteiger partial charge on any atom is 0.254 e. The lowest BCUT2D eigenvalue weighted by atomic mass is 10.1. The fourth-order valence-corrected chi connectivity index (χ4v) is 2.67. The lowest BCUT2D eigenvalue weighted by Crippen LogP contribution is -2.28. The molecular formula is C18H20N2O4. The zero-order valence-electron chi connectivity index (χ0n) is 13.5. The van der Waals surface area contributed by atoms with E-state index in [2.05, 4.69) is 5.32 Å². The molecule has 6 nitrogen and oxygen atoms in total. The summed E-state index contributed by atoms with van der Waals surface area (Å²) >= 11 is 0. The number of nitrogens with one attached hydrogen (secondary N) is 1. The number of hydrogen-bond acceptors (Lipinski definition) is 4. The normalized spacial score (nSPS) is 16.8. The lowest BCUT2D eigenvalue weighted by Gasteiger charge is -2.16. The van der Waals surface area contributed by atoms with E-state index in [9.17, 15) is 9.59 Å². The minimum atomic E-state index is -0.397. The van der Waals surface area contributed by atoms with E-state index in [4.69, 9.17) is 9.15 Å². The van der Waals surface area contributed by atoms with E-state index in [0.29, 0.717) is 30.2 Å². The minimum absolute atomic E-state index is 0.139. The standard InChI is InChI=1S/C18H20N2O4/c1-20(12-15-7-3-9-23-15)18(22)13-5-2-6-14(11-13)19-17(21)16-8-4-10-24-16/h2-3,5-7,9,11,16H,4,8,10,12H2,1H3,(H,19,21)/t16-/m0/s1. The third-order valence-electron chi connectivity index (χ3n) is 3.92. The molecule has 1 atom stereocenters. The van der Waals surface area contributed by atoms with Crippen LogP contribution in [0.3, 0.4) is 0 Å². The summed E-state index contributed by atoms with van der Waals surface area (Å²) in [6, 6.07) is 10.5. The van der Waals surface area contributed by atoms with E-state index in [1.165, 1.54) is 0 Å². The molecule has 1 aliphatic rings. The van der Waals surface area contributed by atoms with Crippen molar-refractivity contribution < 1.29 is 18.7 Å². The highest BCUT2D eigenvalue weighted by molar-refractivity contribution is 5.98. The van der Waals surface area contributed by atoms with Crippen LogP contribution in [0, 0.1) is 0 Å². The smallest absolute Gasteiger partial charge is 0.254 e. The van der Waals surface area contributed by atoms with Crippen molar-refractivity contribution in [3.05, 3.63) is 54.0 Å². The molecule has 3 rings (SSSR count). The molecular weight excluding hydrogens is 308 g/mol. The summed E-state index contributed by atoms with van der Waals surface area (Å²) in [4.78, 5) is 26.2. The van der Waals surface area contributed by atoms with Gasteiger partial charge in [-0.15, -0.1) is 0 Å². The summed E-state index contributed by atoms with van der Waals surface area (Å²) in [6.45, 7) is 1.01. The molecule has 6 heteroatoms. The van der Waals surface area contributed by atoms with Crippen molar-refractivity contribution in [3.8, 4) is 0 Å². The number of nitrogens with zero attached hydrogens (tertiary/aromatic N) is 1. The molecule has 1 aromatic heterocycles. The molecule has 1 aromatic carbocycles. The molecule has 0 unspecified atom stereocenters. The first-order chi connectivity index (χ1) is 11.6. The van der Waals surface area contributed by atoms with E-state index in [-0.39, 0.29) is 11.8 Å². The van der Waals surface area contributed by atoms with Crippen molar-refractivity contribution in [3.63, 3.8) is 0 Å². The highest BCUT2D eigenvalue weighted by atomic mass is 16.5. The van der Waals surface area contributed by atoms with Gasteiger partial charge in [0.25, 0.3) is 11.8 Å². The molecule has 1 N–H and O–H groups in total. The Morgan fingerprint density at radius 3 is 2.88 bits per heavy atom. The minimum Gasteiger partial charge on any atom is -0.467 e. The topological polar surface area (TPSA) is 71.8 Å². The first-order valence-electron chi connectivity index (χ1n) is 7.94. The third-order valence-corrected chi connectivity index (χ3v) is 3.92. The third kappa shape index (κ3) is 3.83. The Bertz CT molecular complexity index is 706. The molecule has 1 aliphatic heterocycles. The van der Waals surface area contributed by atoms with Crippen molar-refractivity contribution in [1.82, 2.24) is 4.90 Å². The van der Waals surface area contributed by atoms with Crippen molar-refractivity contribution in [2.45, 2.75) is 25.5 Å².